The van der Waals surface area contributed by atoms with E-state index < -0.39 is 11.6 Å². The summed E-state index contributed by atoms with van der Waals surface area (Å²) in [6, 6.07) is 15.1. The van der Waals surface area contributed by atoms with Crippen LogP contribution in [0.15, 0.2) is 48.7 Å². The zero-order valence-corrected chi connectivity index (χ0v) is 21.7. The number of rotatable bonds is 1. The van der Waals surface area contributed by atoms with E-state index in [1.54, 1.807) is 0 Å². The molecule has 0 aliphatic carbocycles. The van der Waals surface area contributed by atoms with Gasteiger partial charge in [0.25, 0.3) is 0 Å². The Hall–Kier alpha value is -3.48. The second-order valence-electron chi connectivity index (χ2n) is 10.8. The second kappa shape index (κ2) is 8.33. The molecule has 1 aliphatic rings. The molecule has 4 aromatic rings. The second-order valence-corrected chi connectivity index (χ2v) is 10.8. The quantitative estimate of drug-likeness (QED) is 0.263. The molecule has 0 saturated carbocycles. The van der Waals surface area contributed by atoms with E-state index in [-0.39, 0.29) is 5.92 Å². The molecule has 2 atom stereocenters. The van der Waals surface area contributed by atoms with Crippen LogP contribution in [-0.2, 0) is 0 Å². The third-order valence-corrected chi connectivity index (χ3v) is 7.44. The molecule has 1 aromatic heterocycles. The highest BCUT2D eigenvalue weighted by atomic mass is 16.3. The van der Waals surface area contributed by atoms with Crippen LogP contribution in [0.5, 0.6) is 0 Å². The first-order valence-electron chi connectivity index (χ1n) is 12.4. The molecule has 0 amide bonds. The van der Waals surface area contributed by atoms with E-state index in [9.17, 15) is 5.11 Å². The fourth-order valence-corrected chi connectivity index (χ4v) is 5.69. The Morgan fingerprint density at radius 3 is 2.31 bits per heavy atom. The number of aliphatic hydroxyl groups excluding tert-OH is 1. The van der Waals surface area contributed by atoms with Crippen LogP contribution < -0.4 is 5.32 Å². The van der Waals surface area contributed by atoms with Gasteiger partial charge in [0, 0.05) is 45.4 Å². The molecule has 35 heavy (non-hydrogen) atoms. The molecule has 0 bridgehead atoms. The summed E-state index contributed by atoms with van der Waals surface area (Å²) in [5, 5.41) is 16.1. The summed E-state index contributed by atoms with van der Waals surface area (Å²) in [5.74, 6) is 6.97. The maximum absolute atomic E-state index is 11.2. The van der Waals surface area contributed by atoms with Gasteiger partial charge in [0.2, 0.25) is 0 Å². The first-order chi connectivity index (χ1) is 16.6. The molecular weight excluding hydrogens is 428 g/mol. The summed E-state index contributed by atoms with van der Waals surface area (Å²) >= 11 is 0. The van der Waals surface area contributed by atoms with Crippen molar-refractivity contribution in [2.45, 2.75) is 66.0 Å². The van der Waals surface area contributed by atoms with Gasteiger partial charge in [-0.3, -0.25) is 0 Å². The Morgan fingerprint density at radius 1 is 0.886 bits per heavy atom. The maximum atomic E-state index is 11.2. The summed E-state index contributed by atoms with van der Waals surface area (Å²) in [5.41, 5.74) is 11.9. The van der Waals surface area contributed by atoms with E-state index in [0.29, 0.717) is 0 Å². The predicted molar refractivity (Wildman–Crippen MR) is 147 cm³/mol. The van der Waals surface area contributed by atoms with Gasteiger partial charge in [-0.1, -0.05) is 43.0 Å². The summed E-state index contributed by atoms with van der Waals surface area (Å²) < 4.78 is 0. The number of benzene rings is 3. The molecule has 0 saturated heterocycles. The van der Waals surface area contributed by atoms with Gasteiger partial charge >= 0.3 is 0 Å². The highest BCUT2D eigenvalue weighted by Gasteiger charge is 2.40. The van der Waals surface area contributed by atoms with Crippen molar-refractivity contribution in [2.75, 3.05) is 5.32 Å². The van der Waals surface area contributed by atoms with E-state index in [0.717, 1.165) is 39.0 Å². The lowest BCUT2D eigenvalue weighted by molar-refractivity contribution is 0.0868. The van der Waals surface area contributed by atoms with Crippen molar-refractivity contribution >= 4 is 16.6 Å². The summed E-state index contributed by atoms with van der Waals surface area (Å²) in [7, 11) is 0. The highest BCUT2D eigenvalue weighted by Crippen LogP contribution is 2.46. The summed E-state index contributed by atoms with van der Waals surface area (Å²) in [6.07, 6.45) is 1.53. The number of aryl methyl sites for hydroxylation is 4. The van der Waals surface area contributed by atoms with Crippen molar-refractivity contribution in [2.24, 2.45) is 0 Å². The molecule has 2 unspecified atom stereocenters. The Bertz CT molecular complexity index is 1510. The minimum absolute atomic E-state index is 0.0620. The molecule has 3 nitrogen and oxygen atoms in total. The van der Waals surface area contributed by atoms with E-state index in [1.807, 2.05) is 0 Å². The van der Waals surface area contributed by atoms with Gasteiger partial charge in [0.05, 0.1) is 17.2 Å². The first kappa shape index (κ1) is 23.3. The zero-order chi connectivity index (χ0) is 25.1. The number of H-pyrrole nitrogens is 1. The fourth-order valence-electron chi connectivity index (χ4n) is 5.69. The van der Waals surface area contributed by atoms with E-state index in [1.165, 1.54) is 27.6 Å². The summed E-state index contributed by atoms with van der Waals surface area (Å²) in [4.78, 5) is 3.49. The number of aromatic amines is 1. The third-order valence-electron chi connectivity index (χ3n) is 7.44. The van der Waals surface area contributed by atoms with Crippen molar-refractivity contribution in [3.63, 3.8) is 0 Å². The topological polar surface area (TPSA) is 48.0 Å². The fraction of sp³-hybridized carbons (Fsp3) is 0.312. The van der Waals surface area contributed by atoms with Crippen LogP contribution in [-0.4, -0.2) is 21.7 Å². The van der Waals surface area contributed by atoms with Gasteiger partial charge in [-0.15, -0.1) is 0 Å². The average Bonchev–Trinajstić information content (AvgIpc) is 3.17. The van der Waals surface area contributed by atoms with Crippen LogP contribution in [0.25, 0.3) is 22.0 Å². The normalized spacial score (nSPS) is 18.5. The molecule has 3 heteroatoms. The molecule has 3 aromatic carbocycles. The lowest BCUT2D eigenvalue weighted by atomic mass is 9.75. The molecule has 178 valence electrons. The Balaban J connectivity index is 1.83. The molecule has 1 aliphatic heterocycles. The number of fused-ring (bicyclic) bond motifs is 2. The molecular formula is C32H34N2O. The van der Waals surface area contributed by atoms with Crippen molar-refractivity contribution in [1.82, 2.24) is 4.98 Å². The minimum atomic E-state index is -0.532. The Morgan fingerprint density at radius 2 is 1.60 bits per heavy atom. The van der Waals surface area contributed by atoms with Crippen molar-refractivity contribution in [1.29, 1.82) is 0 Å². The van der Waals surface area contributed by atoms with Crippen molar-refractivity contribution in [3.05, 3.63) is 87.6 Å². The predicted octanol–water partition coefficient (Wildman–Crippen LogP) is 7.14. The van der Waals surface area contributed by atoms with Crippen LogP contribution in [0.1, 0.15) is 65.6 Å². The van der Waals surface area contributed by atoms with Crippen LogP contribution >= 0.6 is 0 Å². The number of aliphatic hydroxyl groups is 1. The number of nitrogens with one attached hydrogen (secondary N) is 2. The van der Waals surface area contributed by atoms with Gasteiger partial charge in [-0.25, -0.2) is 0 Å². The molecule has 0 spiro atoms. The maximum Gasteiger partial charge on any atom is 0.0831 e. The van der Waals surface area contributed by atoms with Crippen LogP contribution in [0.4, 0.5) is 5.69 Å². The van der Waals surface area contributed by atoms with Crippen molar-refractivity contribution < 1.29 is 5.11 Å². The molecule has 2 heterocycles. The largest absolute Gasteiger partial charge is 0.390 e. The van der Waals surface area contributed by atoms with Crippen LogP contribution in [0, 0.1) is 39.5 Å². The van der Waals surface area contributed by atoms with Gasteiger partial charge < -0.3 is 15.4 Å². The van der Waals surface area contributed by atoms with E-state index in [2.05, 4.69) is 119 Å². The monoisotopic (exact) mass is 462 g/mol. The minimum Gasteiger partial charge on any atom is -0.390 e. The van der Waals surface area contributed by atoms with Crippen molar-refractivity contribution in [3.8, 4) is 23.0 Å². The number of para-hydroxylation sites is 1. The Kier molecular flexibility index (Phi) is 5.54. The van der Waals surface area contributed by atoms with Gasteiger partial charge in [-0.05, 0) is 87.6 Å². The number of hydrogen-bond donors (Lipinski definition) is 3. The van der Waals surface area contributed by atoms with Gasteiger partial charge in [0.1, 0.15) is 0 Å². The van der Waals surface area contributed by atoms with E-state index >= 15 is 0 Å². The smallest absolute Gasteiger partial charge is 0.0831 e. The van der Waals surface area contributed by atoms with E-state index in [4.69, 9.17) is 0 Å². The summed E-state index contributed by atoms with van der Waals surface area (Å²) in [6.45, 7) is 14.7. The average molecular weight is 463 g/mol. The van der Waals surface area contributed by atoms with Gasteiger partial charge in [0.15, 0.2) is 0 Å². The molecule has 0 radical (unpaired) electrons. The van der Waals surface area contributed by atoms with Gasteiger partial charge in [-0.2, -0.15) is 0 Å². The SMILES string of the molecule is Cc1cc(C)cc(C#Cc2c(-c3cccc4c(C)c[nH]c34)cc(C)c3c2C(C)C(O)C(C)(C)N3)c1. The number of hydrogen-bond acceptors (Lipinski definition) is 2. The lowest BCUT2D eigenvalue weighted by Gasteiger charge is -2.43. The third kappa shape index (κ3) is 3.93. The van der Waals surface area contributed by atoms with Crippen LogP contribution in [0.3, 0.4) is 0 Å². The number of aromatic nitrogens is 1. The highest BCUT2D eigenvalue weighted by molar-refractivity contribution is 5.98. The standard InChI is InChI=1S/C32H34N2O/c1-18-13-19(2)15-23(14-18)11-12-25-27(26-10-8-9-24-21(4)17-33-30(24)26)16-20(3)29-28(25)22(5)31(35)32(6,7)34-29/h8-10,13-17,22,31,33-35H,1-7H3. The Labute approximate surface area is 208 Å². The molecule has 3 N–H and O–H groups in total. The molecule has 0 fully saturated rings. The zero-order valence-electron chi connectivity index (χ0n) is 21.7. The molecule has 5 rings (SSSR count). The van der Waals surface area contributed by atoms with Crippen LogP contribution in [0.2, 0.25) is 0 Å². The lowest BCUT2D eigenvalue weighted by Crippen LogP contribution is -2.50. The number of anilines is 1. The first-order valence-corrected chi connectivity index (χ1v) is 12.4.